The molecule has 0 aliphatic carbocycles. The molecule has 1 aromatic carbocycles. The van der Waals surface area contributed by atoms with Crippen LogP contribution >= 0.6 is 11.3 Å². The van der Waals surface area contributed by atoms with Gasteiger partial charge in [-0.05, 0) is 24.6 Å². The van der Waals surface area contributed by atoms with E-state index >= 15 is 0 Å². The van der Waals surface area contributed by atoms with Crippen LogP contribution in [0.4, 0.5) is 5.13 Å². The second-order valence-corrected chi connectivity index (χ2v) is 5.43. The molecule has 2 rings (SSSR count). The lowest BCUT2D eigenvalue weighted by atomic mass is 10.2. The molecule has 0 bridgehead atoms. The molecule has 0 atom stereocenters. The molecule has 0 fully saturated rings. The zero-order valence-corrected chi connectivity index (χ0v) is 13.1. The first-order chi connectivity index (χ1) is 10.1. The Morgan fingerprint density at radius 3 is 2.95 bits per heavy atom. The summed E-state index contributed by atoms with van der Waals surface area (Å²) < 4.78 is 5.18. The molecule has 0 radical (unpaired) electrons. The van der Waals surface area contributed by atoms with Crippen LogP contribution in [0.15, 0.2) is 24.3 Å². The molecule has 21 heavy (non-hydrogen) atoms. The number of ether oxygens (including phenoxy) is 1. The minimum absolute atomic E-state index is 0.139. The zero-order valence-electron chi connectivity index (χ0n) is 12.3. The van der Waals surface area contributed by atoms with E-state index in [0.717, 1.165) is 17.9 Å². The summed E-state index contributed by atoms with van der Waals surface area (Å²) in [6, 6.07) is 7.64. The van der Waals surface area contributed by atoms with Gasteiger partial charge in [-0.25, -0.2) is 0 Å². The van der Waals surface area contributed by atoms with E-state index in [1.807, 2.05) is 31.2 Å². The van der Waals surface area contributed by atoms with Crippen molar-refractivity contribution in [3.8, 4) is 5.75 Å². The van der Waals surface area contributed by atoms with Gasteiger partial charge in [-0.15, -0.1) is 10.2 Å². The smallest absolute Gasteiger partial charge is 0.284 e. The highest BCUT2D eigenvalue weighted by Gasteiger charge is 2.17. The van der Waals surface area contributed by atoms with Crippen LogP contribution in [0.25, 0.3) is 0 Å². The van der Waals surface area contributed by atoms with Crippen molar-refractivity contribution in [3.05, 3.63) is 34.8 Å². The number of carbonyl (C=O) groups is 1. The number of benzene rings is 1. The number of carbonyl (C=O) groups excluding carboxylic acids is 1. The van der Waals surface area contributed by atoms with Gasteiger partial charge in [-0.2, -0.15) is 0 Å². The number of nitrogens with zero attached hydrogens (tertiary/aromatic N) is 3. The fourth-order valence-corrected chi connectivity index (χ4v) is 2.62. The van der Waals surface area contributed by atoms with E-state index in [0.29, 0.717) is 16.7 Å². The van der Waals surface area contributed by atoms with E-state index < -0.39 is 0 Å². The molecule has 1 aromatic heterocycles. The third kappa shape index (κ3) is 3.91. The van der Waals surface area contributed by atoms with Crippen LogP contribution in [0.1, 0.15) is 22.3 Å². The fourth-order valence-electron chi connectivity index (χ4n) is 1.81. The molecule has 1 N–H and O–H groups in total. The Morgan fingerprint density at radius 1 is 1.43 bits per heavy atom. The largest absolute Gasteiger partial charge is 0.497 e. The van der Waals surface area contributed by atoms with Gasteiger partial charge >= 0.3 is 0 Å². The third-order valence-electron chi connectivity index (χ3n) is 2.84. The Morgan fingerprint density at radius 2 is 2.24 bits per heavy atom. The van der Waals surface area contributed by atoms with Crippen molar-refractivity contribution >= 4 is 22.4 Å². The first-order valence-corrected chi connectivity index (χ1v) is 7.41. The summed E-state index contributed by atoms with van der Waals surface area (Å²) in [6.07, 6.45) is 0. The van der Waals surface area contributed by atoms with E-state index in [1.54, 1.807) is 19.1 Å². The normalized spacial score (nSPS) is 10.2. The van der Waals surface area contributed by atoms with Crippen molar-refractivity contribution in [1.82, 2.24) is 15.1 Å². The molecule has 6 nitrogen and oxygen atoms in total. The average Bonchev–Trinajstić information content (AvgIpc) is 2.95. The van der Waals surface area contributed by atoms with Crippen molar-refractivity contribution in [1.29, 1.82) is 0 Å². The SMILES string of the molecule is CCNc1nnc(C(=O)N(C)Cc2cccc(OC)c2)s1. The summed E-state index contributed by atoms with van der Waals surface area (Å²) in [5.74, 6) is 0.637. The van der Waals surface area contributed by atoms with Gasteiger partial charge in [0, 0.05) is 20.1 Å². The van der Waals surface area contributed by atoms with Crippen LogP contribution in [0, 0.1) is 0 Å². The first-order valence-electron chi connectivity index (χ1n) is 6.59. The van der Waals surface area contributed by atoms with Crippen LogP contribution in [-0.4, -0.2) is 41.7 Å². The molecule has 0 saturated heterocycles. The fraction of sp³-hybridized carbons (Fsp3) is 0.357. The van der Waals surface area contributed by atoms with Crippen molar-refractivity contribution in [2.75, 3.05) is 26.0 Å². The van der Waals surface area contributed by atoms with Crippen LogP contribution in [0.3, 0.4) is 0 Å². The average molecular weight is 306 g/mol. The summed E-state index contributed by atoms with van der Waals surface area (Å²) >= 11 is 1.26. The molecule has 0 aliphatic heterocycles. The van der Waals surface area contributed by atoms with Gasteiger partial charge in [0.25, 0.3) is 5.91 Å². The monoisotopic (exact) mass is 306 g/mol. The summed E-state index contributed by atoms with van der Waals surface area (Å²) in [7, 11) is 3.37. The Hall–Kier alpha value is -2.15. The molecule has 1 amide bonds. The Labute approximate surface area is 127 Å². The molecule has 0 unspecified atom stereocenters. The van der Waals surface area contributed by atoms with E-state index in [-0.39, 0.29) is 5.91 Å². The van der Waals surface area contributed by atoms with Crippen molar-refractivity contribution in [3.63, 3.8) is 0 Å². The molecular formula is C14H18N4O2S. The number of hydrogen-bond donors (Lipinski definition) is 1. The van der Waals surface area contributed by atoms with Gasteiger partial charge in [0.1, 0.15) is 5.75 Å². The lowest BCUT2D eigenvalue weighted by Gasteiger charge is -2.15. The lowest BCUT2D eigenvalue weighted by Crippen LogP contribution is -2.26. The minimum Gasteiger partial charge on any atom is -0.497 e. The van der Waals surface area contributed by atoms with Gasteiger partial charge in [-0.1, -0.05) is 23.5 Å². The number of amides is 1. The maximum absolute atomic E-state index is 12.3. The number of hydrogen-bond acceptors (Lipinski definition) is 6. The second kappa shape index (κ2) is 7.03. The zero-order chi connectivity index (χ0) is 15.2. The van der Waals surface area contributed by atoms with Crippen LogP contribution in [0.5, 0.6) is 5.75 Å². The summed E-state index contributed by atoms with van der Waals surface area (Å²) in [6.45, 7) is 3.21. The lowest BCUT2D eigenvalue weighted by molar-refractivity contribution is 0.0783. The minimum atomic E-state index is -0.139. The van der Waals surface area contributed by atoms with Gasteiger partial charge in [-0.3, -0.25) is 4.79 Å². The number of methoxy groups -OCH3 is 1. The molecule has 0 aliphatic rings. The molecule has 0 spiro atoms. The van der Waals surface area contributed by atoms with Gasteiger partial charge < -0.3 is 15.0 Å². The van der Waals surface area contributed by atoms with Gasteiger partial charge in [0.05, 0.1) is 7.11 Å². The Balaban J connectivity index is 2.04. The van der Waals surface area contributed by atoms with E-state index in [9.17, 15) is 4.79 Å². The van der Waals surface area contributed by atoms with E-state index in [2.05, 4.69) is 15.5 Å². The topological polar surface area (TPSA) is 67.4 Å². The van der Waals surface area contributed by atoms with E-state index in [4.69, 9.17) is 4.74 Å². The van der Waals surface area contributed by atoms with Crippen LogP contribution in [-0.2, 0) is 6.54 Å². The van der Waals surface area contributed by atoms with Crippen LogP contribution in [0.2, 0.25) is 0 Å². The Kier molecular flexibility index (Phi) is 5.10. The Bertz CT molecular complexity index is 615. The molecule has 7 heteroatoms. The third-order valence-corrected chi connectivity index (χ3v) is 3.71. The standard InChI is InChI=1S/C14H18N4O2S/c1-4-15-14-17-16-12(21-14)13(19)18(2)9-10-6-5-7-11(8-10)20-3/h5-8H,4,9H2,1-3H3,(H,15,17). The number of nitrogens with one attached hydrogen (secondary N) is 1. The maximum Gasteiger partial charge on any atom is 0.284 e. The van der Waals surface area contributed by atoms with Gasteiger partial charge in [0.2, 0.25) is 10.1 Å². The number of aromatic nitrogens is 2. The summed E-state index contributed by atoms with van der Waals surface area (Å²) in [5.41, 5.74) is 1.00. The van der Waals surface area contributed by atoms with Crippen LogP contribution < -0.4 is 10.1 Å². The summed E-state index contributed by atoms with van der Waals surface area (Å²) in [5, 5.41) is 11.9. The molecule has 2 aromatic rings. The quantitative estimate of drug-likeness (QED) is 0.886. The number of anilines is 1. The van der Waals surface area contributed by atoms with Crippen molar-refractivity contribution in [2.45, 2.75) is 13.5 Å². The highest BCUT2D eigenvalue weighted by molar-refractivity contribution is 7.17. The van der Waals surface area contributed by atoms with Crippen molar-refractivity contribution < 1.29 is 9.53 Å². The summed E-state index contributed by atoms with van der Waals surface area (Å²) in [4.78, 5) is 13.9. The van der Waals surface area contributed by atoms with Crippen molar-refractivity contribution in [2.24, 2.45) is 0 Å². The predicted molar refractivity (Wildman–Crippen MR) is 82.9 cm³/mol. The first kappa shape index (κ1) is 15.2. The predicted octanol–water partition coefficient (Wildman–Crippen LogP) is 2.25. The maximum atomic E-state index is 12.3. The number of rotatable bonds is 6. The molecule has 1 heterocycles. The highest BCUT2D eigenvalue weighted by Crippen LogP contribution is 2.18. The second-order valence-electron chi connectivity index (χ2n) is 4.46. The molecular weight excluding hydrogens is 288 g/mol. The molecule has 0 saturated carbocycles. The van der Waals surface area contributed by atoms with E-state index in [1.165, 1.54) is 11.3 Å². The molecule has 112 valence electrons. The van der Waals surface area contributed by atoms with Gasteiger partial charge in [0.15, 0.2) is 0 Å². The highest BCUT2D eigenvalue weighted by atomic mass is 32.1.